The number of ether oxygens (including phenoxy) is 4. The zero-order chi connectivity index (χ0) is 31.4. The third-order valence-corrected chi connectivity index (χ3v) is 8.43. The van der Waals surface area contributed by atoms with E-state index in [-0.39, 0.29) is 23.8 Å². The van der Waals surface area contributed by atoms with Crippen molar-refractivity contribution in [3.05, 3.63) is 95.6 Å². The van der Waals surface area contributed by atoms with Gasteiger partial charge in [0.25, 0.3) is 5.56 Å². The summed E-state index contributed by atoms with van der Waals surface area (Å²) in [5, 5.41) is 2.08. The number of thiazole rings is 1. The second-order valence-corrected chi connectivity index (χ2v) is 11.3. The van der Waals surface area contributed by atoms with Crippen LogP contribution in [0.25, 0.3) is 16.8 Å². The maximum Gasteiger partial charge on any atom is 0.338 e. The van der Waals surface area contributed by atoms with Crippen molar-refractivity contribution < 1.29 is 23.7 Å². The molecule has 44 heavy (non-hydrogen) atoms. The Morgan fingerprint density at radius 2 is 1.91 bits per heavy atom. The van der Waals surface area contributed by atoms with Crippen LogP contribution in [0.4, 0.5) is 0 Å². The van der Waals surface area contributed by atoms with E-state index in [9.17, 15) is 9.59 Å². The molecule has 1 aliphatic heterocycles. The van der Waals surface area contributed by atoms with Gasteiger partial charge in [0, 0.05) is 5.56 Å². The number of aromatic nitrogens is 1. The minimum absolute atomic E-state index is 0.0224. The van der Waals surface area contributed by atoms with E-state index in [1.807, 2.05) is 43.3 Å². The van der Waals surface area contributed by atoms with Gasteiger partial charge in [-0.3, -0.25) is 9.36 Å². The first kappa shape index (κ1) is 30.9. The number of allylic oxidation sites excluding steroid dienone is 1. The van der Waals surface area contributed by atoms with Crippen molar-refractivity contribution in [2.24, 2.45) is 4.99 Å². The monoisotopic (exact) mass is 630 g/mol. The Labute approximate surface area is 263 Å². The van der Waals surface area contributed by atoms with Gasteiger partial charge in [-0.1, -0.05) is 72.5 Å². The van der Waals surface area contributed by atoms with Crippen LogP contribution in [0.5, 0.6) is 17.2 Å². The molecule has 8 nitrogen and oxygen atoms in total. The smallest absolute Gasteiger partial charge is 0.338 e. The second-order valence-electron chi connectivity index (χ2n) is 9.84. The zero-order valence-electron chi connectivity index (χ0n) is 24.8. The Kier molecular flexibility index (Phi) is 9.43. The average molecular weight is 631 g/mol. The second kappa shape index (κ2) is 13.4. The third kappa shape index (κ3) is 5.71. The molecule has 0 saturated carbocycles. The lowest BCUT2D eigenvalue weighted by molar-refractivity contribution is -0.139. The maximum absolute atomic E-state index is 14.3. The van der Waals surface area contributed by atoms with Crippen LogP contribution < -0.4 is 29.1 Å². The molecule has 0 N–H and O–H groups in total. The fourth-order valence-electron chi connectivity index (χ4n) is 5.36. The van der Waals surface area contributed by atoms with E-state index in [0.29, 0.717) is 55.4 Å². The Hall–Kier alpha value is -4.52. The molecule has 0 radical (unpaired) electrons. The molecule has 0 spiro atoms. The van der Waals surface area contributed by atoms with Gasteiger partial charge in [-0.15, -0.1) is 6.42 Å². The first-order chi connectivity index (χ1) is 21.4. The Bertz CT molecular complexity index is 2000. The Balaban J connectivity index is 1.82. The van der Waals surface area contributed by atoms with E-state index in [4.69, 9.17) is 42.0 Å². The van der Waals surface area contributed by atoms with Gasteiger partial charge in [-0.05, 0) is 54.0 Å². The Morgan fingerprint density at radius 3 is 2.61 bits per heavy atom. The summed E-state index contributed by atoms with van der Waals surface area (Å²) < 4.78 is 24.4. The number of hydrogen-bond donors (Lipinski definition) is 0. The number of nitrogens with zero attached hydrogens (tertiary/aromatic N) is 2. The van der Waals surface area contributed by atoms with Crippen LogP contribution in [0.15, 0.2) is 69.6 Å². The molecule has 0 amide bonds. The number of carbonyl (C=O) groups is 1. The van der Waals surface area contributed by atoms with Gasteiger partial charge in [-0.2, -0.15) is 0 Å². The summed E-state index contributed by atoms with van der Waals surface area (Å²) in [4.78, 5) is 33.3. The summed E-state index contributed by atoms with van der Waals surface area (Å²) in [5.74, 6) is 3.12. The van der Waals surface area contributed by atoms with Crippen molar-refractivity contribution in [3.63, 3.8) is 0 Å². The van der Waals surface area contributed by atoms with Crippen molar-refractivity contribution in [2.75, 3.05) is 27.4 Å². The number of hydrogen-bond acceptors (Lipinski definition) is 8. The summed E-state index contributed by atoms with van der Waals surface area (Å²) in [6.45, 7) is 3.97. The van der Waals surface area contributed by atoms with Crippen LogP contribution in [-0.2, 0) is 9.53 Å². The SMILES string of the molecule is C#CCOc1c(Cl)cc(/C=c2\sc3n(c2=O)[C@H](c2c(OC)ccc4ccccc24)C(C(=O)OCC)=C(CCC)N=3)cc1OC. The number of methoxy groups -OCH3 is 2. The summed E-state index contributed by atoms with van der Waals surface area (Å²) in [5.41, 5.74) is 1.88. The molecule has 1 aromatic heterocycles. The molecule has 10 heteroatoms. The fourth-order valence-corrected chi connectivity index (χ4v) is 6.65. The zero-order valence-corrected chi connectivity index (χ0v) is 26.4. The van der Waals surface area contributed by atoms with Gasteiger partial charge in [0.1, 0.15) is 18.4 Å². The lowest BCUT2D eigenvalue weighted by Gasteiger charge is -2.28. The van der Waals surface area contributed by atoms with Crippen LogP contribution in [0.3, 0.4) is 0 Å². The molecule has 1 aliphatic rings. The number of terminal acetylenes is 1. The quantitative estimate of drug-likeness (QED) is 0.172. The molecule has 0 fully saturated rings. The summed E-state index contributed by atoms with van der Waals surface area (Å²) >= 11 is 7.75. The predicted octanol–water partition coefficient (Wildman–Crippen LogP) is 5.41. The average Bonchev–Trinajstić information content (AvgIpc) is 3.33. The van der Waals surface area contributed by atoms with Gasteiger partial charge in [-0.25, -0.2) is 9.79 Å². The lowest BCUT2D eigenvalue weighted by Crippen LogP contribution is -2.40. The van der Waals surface area contributed by atoms with E-state index < -0.39 is 12.0 Å². The largest absolute Gasteiger partial charge is 0.496 e. The maximum atomic E-state index is 14.3. The van der Waals surface area contributed by atoms with Crippen molar-refractivity contribution in [3.8, 4) is 29.6 Å². The molecule has 3 aromatic carbocycles. The molecule has 0 unspecified atom stereocenters. The van der Waals surface area contributed by atoms with Crippen LogP contribution >= 0.6 is 22.9 Å². The summed E-state index contributed by atoms with van der Waals surface area (Å²) in [6, 6.07) is 14.2. The van der Waals surface area contributed by atoms with E-state index in [1.165, 1.54) is 18.4 Å². The molecular formula is C34H31ClN2O6S. The van der Waals surface area contributed by atoms with Crippen LogP contribution in [0.2, 0.25) is 5.02 Å². The number of carbonyl (C=O) groups excluding carboxylic acids is 1. The van der Waals surface area contributed by atoms with Gasteiger partial charge in [0.05, 0.1) is 41.7 Å². The van der Waals surface area contributed by atoms with E-state index in [0.717, 1.165) is 17.2 Å². The van der Waals surface area contributed by atoms with E-state index >= 15 is 0 Å². The highest BCUT2D eigenvalue weighted by Crippen LogP contribution is 2.41. The summed E-state index contributed by atoms with van der Waals surface area (Å²) in [6.07, 6.45) is 8.32. The first-order valence-corrected chi connectivity index (χ1v) is 15.3. The number of esters is 1. The Morgan fingerprint density at radius 1 is 1.14 bits per heavy atom. The molecule has 1 atom stereocenters. The van der Waals surface area contributed by atoms with Gasteiger partial charge < -0.3 is 18.9 Å². The highest BCUT2D eigenvalue weighted by molar-refractivity contribution is 7.07. The minimum Gasteiger partial charge on any atom is -0.496 e. The standard InChI is InChI=1S/C34H31ClN2O6S/c1-6-11-24-29(33(39)42-8-3)30(28-22-13-10-9-12-21(22)14-15-25(28)40-4)37-32(38)27(44-34(37)36-24)19-20-17-23(35)31(43-16-7-2)26(18-20)41-5/h2,9-10,12-15,17-19,30H,6,8,11,16H2,1,3-5H3/b27-19-/t30-/m1/s1. The van der Waals surface area contributed by atoms with E-state index in [2.05, 4.69) is 5.92 Å². The molecule has 5 rings (SSSR count). The molecule has 0 bridgehead atoms. The number of benzene rings is 3. The predicted molar refractivity (Wildman–Crippen MR) is 172 cm³/mol. The highest BCUT2D eigenvalue weighted by atomic mass is 35.5. The molecular weight excluding hydrogens is 600 g/mol. The molecule has 2 heterocycles. The molecule has 226 valence electrons. The van der Waals surface area contributed by atoms with Crippen LogP contribution in [0.1, 0.15) is 43.9 Å². The van der Waals surface area contributed by atoms with Crippen molar-refractivity contribution in [1.82, 2.24) is 4.57 Å². The topological polar surface area (TPSA) is 88.4 Å². The molecule has 4 aromatic rings. The number of fused-ring (bicyclic) bond motifs is 2. The molecule has 0 aliphatic carbocycles. The first-order valence-electron chi connectivity index (χ1n) is 14.1. The number of rotatable bonds is 10. The normalized spacial score (nSPS) is 14.5. The number of halogens is 1. The van der Waals surface area contributed by atoms with Crippen LogP contribution in [0, 0.1) is 12.3 Å². The van der Waals surface area contributed by atoms with Gasteiger partial charge in [0.15, 0.2) is 16.3 Å². The fraction of sp³-hybridized carbons (Fsp3) is 0.265. The van der Waals surface area contributed by atoms with Gasteiger partial charge >= 0.3 is 5.97 Å². The van der Waals surface area contributed by atoms with Gasteiger partial charge in [0.2, 0.25) is 0 Å². The van der Waals surface area contributed by atoms with Crippen molar-refractivity contribution in [1.29, 1.82) is 0 Å². The molecule has 0 saturated heterocycles. The van der Waals surface area contributed by atoms with E-state index in [1.54, 1.807) is 36.8 Å². The minimum atomic E-state index is -0.840. The third-order valence-electron chi connectivity index (χ3n) is 7.17. The summed E-state index contributed by atoms with van der Waals surface area (Å²) in [7, 11) is 3.07. The highest BCUT2D eigenvalue weighted by Gasteiger charge is 2.37. The lowest BCUT2D eigenvalue weighted by atomic mass is 9.90. The van der Waals surface area contributed by atoms with Crippen molar-refractivity contribution >= 4 is 45.8 Å². The van der Waals surface area contributed by atoms with Crippen LogP contribution in [-0.4, -0.2) is 38.0 Å². The van der Waals surface area contributed by atoms with Crippen molar-refractivity contribution in [2.45, 2.75) is 32.7 Å².